The molecule has 4 nitrogen and oxygen atoms in total. The predicted molar refractivity (Wildman–Crippen MR) is 85.3 cm³/mol. The second kappa shape index (κ2) is 5.87. The zero-order valence-corrected chi connectivity index (χ0v) is 12.7. The van der Waals surface area contributed by atoms with Crippen LogP contribution in [-0.2, 0) is 0 Å². The average Bonchev–Trinajstić information content (AvgIpc) is 2.98. The summed E-state index contributed by atoms with van der Waals surface area (Å²) in [6.07, 6.45) is 0. The fourth-order valence-electron chi connectivity index (χ4n) is 2.78. The molecule has 2 heterocycles. The maximum absolute atomic E-state index is 11.1. The monoisotopic (exact) mass is 302 g/mol. The second-order valence-electron chi connectivity index (χ2n) is 5.36. The van der Waals surface area contributed by atoms with E-state index in [2.05, 4.69) is 41.1 Å². The molecular formula is C16H18N2O2S. The summed E-state index contributed by atoms with van der Waals surface area (Å²) in [5.74, 6) is -0.850. The molecule has 1 saturated heterocycles. The van der Waals surface area contributed by atoms with Gasteiger partial charge >= 0.3 is 5.97 Å². The number of nitrogens with zero attached hydrogens (tertiary/aromatic N) is 2. The van der Waals surface area contributed by atoms with Crippen molar-refractivity contribution >= 4 is 23.0 Å². The highest BCUT2D eigenvalue weighted by molar-refractivity contribution is 7.12. The van der Waals surface area contributed by atoms with Gasteiger partial charge in [0, 0.05) is 30.7 Å². The number of hydrogen-bond donors (Lipinski definition) is 1. The largest absolute Gasteiger partial charge is 0.477 e. The molecule has 0 bridgehead atoms. The van der Waals surface area contributed by atoms with Gasteiger partial charge in [-0.25, -0.2) is 4.79 Å². The second-order valence-corrected chi connectivity index (χ2v) is 6.27. The molecule has 110 valence electrons. The third kappa shape index (κ3) is 2.94. The summed E-state index contributed by atoms with van der Waals surface area (Å²) in [5, 5.41) is 11.1. The number of thiophene rings is 1. The van der Waals surface area contributed by atoms with Gasteiger partial charge in [0.05, 0.1) is 6.04 Å². The quantitative estimate of drug-likeness (QED) is 0.947. The van der Waals surface area contributed by atoms with Crippen molar-refractivity contribution < 1.29 is 9.90 Å². The Morgan fingerprint density at radius 3 is 2.71 bits per heavy atom. The van der Waals surface area contributed by atoms with Crippen molar-refractivity contribution in [3.63, 3.8) is 0 Å². The van der Waals surface area contributed by atoms with Gasteiger partial charge in [-0.05, 0) is 18.7 Å². The predicted octanol–water partition coefficient (Wildman–Crippen LogP) is 2.94. The molecule has 0 spiro atoms. The van der Waals surface area contributed by atoms with Crippen LogP contribution in [-0.4, -0.2) is 42.7 Å². The van der Waals surface area contributed by atoms with Crippen molar-refractivity contribution in [2.45, 2.75) is 6.04 Å². The van der Waals surface area contributed by atoms with E-state index in [1.165, 1.54) is 16.9 Å². The van der Waals surface area contributed by atoms with E-state index in [1.807, 2.05) is 11.4 Å². The fourth-order valence-corrected chi connectivity index (χ4v) is 3.52. The summed E-state index contributed by atoms with van der Waals surface area (Å²) < 4.78 is 0. The molecule has 1 N–H and O–H groups in total. The number of piperazine rings is 1. The lowest BCUT2D eigenvalue weighted by Gasteiger charge is -2.41. The van der Waals surface area contributed by atoms with Crippen LogP contribution < -0.4 is 4.90 Å². The Kier molecular flexibility index (Phi) is 3.94. The van der Waals surface area contributed by atoms with Gasteiger partial charge in [-0.15, -0.1) is 11.3 Å². The molecule has 0 aliphatic carbocycles. The number of benzene rings is 1. The van der Waals surface area contributed by atoms with Crippen molar-refractivity contribution in [3.8, 4) is 0 Å². The molecule has 1 unspecified atom stereocenters. The van der Waals surface area contributed by atoms with Gasteiger partial charge in [-0.3, -0.25) is 0 Å². The number of anilines is 1. The number of likely N-dealkylation sites (N-methyl/N-ethyl adjacent to an activating group) is 1. The average molecular weight is 302 g/mol. The summed E-state index contributed by atoms with van der Waals surface area (Å²) in [7, 11) is 2.13. The molecule has 1 aliphatic rings. The third-order valence-electron chi connectivity index (χ3n) is 3.90. The van der Waals surface area contributed by atoms with E-state index in [0.717, 1.165) is 25.3 Å². The molecule has 0 amide bonds. The normalized spacial score (nSPS) is 19.7. The molecule has 21 heavy (non-hydrogen) atoms. The molecule has 5 heteroatoms. The zero-order valence-electron chi connectivity index (χ0n) is 11.9. The van der Waals surface area contributed by atoms with Crippen LogP contribution in [0.5, 0.6) is 0 Å². The van der Waals surface area contributed by atoms with Crippen LogP contribution in [0.4, 0.5) is 5.69 Å². The maximum Gasteiger partial charge on any atom is 0.345 e. The molecule has 2 aromatic rings. The topological polar surface area (TPSA) is 43.8 Å². The summed E-state index contributed by atoms with van der Waals surface area (Å²) in [4.78, 5) is 16.1. The van der Waals surface area contributed by atoms with Gasteiger partial charge < -0.3 is 14.9 Å². The van der Waals surface area contributed by atoms with E-state index in [1.54, 1.807) is 6.07 Å². The van der Waals surface area contributed by atoms with Crippen LogP contribution in [0.1, 0.15) is 21.3 Å². The lowest BCUT2D eigenvalue weighted by molar-refractivity contribution is 0.0702. The molecular weight excluding hydrogens is 284 g/mol. The molecule has 1 atom stereocenters. The molecule has 1 aromatic heterocycles. The van der Waals surface area contributed by atoms with Crippen LogP contribution in [0, 0.1) is 0 Å². The summed E-state index contributed by atoms with van der Waals surface area (Å²) in [6.45, 7) is 2.84. The molecule has 1 aromatic carbocycles. The minimum absolute atomic E-state index is 0.265. The van der Waals surface area contributed by atoms with Crippen LogP contribution in [0.3, 0.4) is 0 Å². The molecule has 0 radical (unpaired) electrons. The van der Waals surface area contributed by atoms with Gasteiger partial charge in [0.15, 0.2) is 0 Å². The number of aromatic carboxylic acids is 1. The SMILES string of the molecule is CN1CCN(c2csc(C(=O)O)c2)C(c2ccccc2)C1. The first kappa shape index (κ1) is 14.1. The van der Waals surface area contributed by atoms with E-state index in [4.69, 9.17) is 5.11 Å². The van der Waals surface area contributed by atoms with E-state index < -0.39 is 5.97 Å². The highest BCUT2D eigenvalue weighted by Crippen LogP contribution is 2.33. The van der Waals surface area contributed by atoms with Gasteiger partial charge in [0.25, 0.3) is 0 Å². The first-order chi connectivity index (χ1) is 10.1. The van der Waals surface area contributed by atoms with Gasteiger partial charge in [-0.2, -0.15) is 0 Å². The lowest BCUT2D eigenvalue weighted by atomic mass is 10.0. The fraction of sp³-hybridized carbons (Fsp3) is 0.312. The Morgan fingerprint density at radius 2 is 2.05 bits per heavy atom. The highest BCUT2D eigenvalue weighted by atomic mass is 32.1. The molecule has 1 fully saturated rings. The molecule has 3 rings (SSSR count). The molecule has 0 saturated carbocycles. The Bertz CT molecular complexity index is 626. The summed E-state index contributed by atoms with van der Waals surface area (Å²) in [5.41, 5.74) is 2.28. The Labute approximate surface area is 128 Å². The lowest BCUT2D eigenvalue weighted by Crippen LogP contribution is -2.46. The number of carbonyl (C=O) groups is 1. The van der Waals surface area contributed by atoms with Gasteiger partial charge in [-0.1, -0.05) is 30.3 Å². The first-order valence-corrected chi connectivity index (χ1v) is 7.85. The third-order valence-corrected chi connectivity index (χ3v) is 4.80. The Balaban J connectivity index is 1.92. The highest BCUT2D eigenvalue weighted by Gasteiger charge is 2.27. The van der Waals surface area contributed by atoms with E-state index in [9.17, 15) is 4.79 Å². The summed E-state index contributed by atoms with van der Waals surface area (Å²) >= 11 is 1.29. The van der Waals surface area contributed by atoms with Gasteiger partial charge in [0.1, 0.15) is 4.88 Å². The van der Waals surface area contributed by atoms with Crippen molar-refractivity contribution in [2.24, 2.45) is 0 Å². The van der Waals surface area contributed by atoms with Crippen molar-refractivity contribution in [2.75, 3.05) is 31.6 Å². The van der Waals surface area contributed by atoms with E-state index in [-0.39, 0.29) is 6.04 Å². The standard InChI is InChI=1S/C16H18N2O2S/c1-17-7-8-18(13-9-15(16(19)20)21-11-13)14(10-17)12-5-3-2-4-6-12/h2-6,9,11,14H,7-8,10H2,1H3,(H,19,20). The summed E-state index contributed by atoms with van der Waals surface area (Å²) in [6, 6.07) is 12.5. The Morgan fingerprint density at radius 1 is 1.29 bits per heavy atom. The molecule has 1 aliphatic heterocycles. The van der Waals surface area contributed by atoms with Crippen LogP contribution in [0.15, 0.2) is 41.8 Å². The number of rotatable bonds is 3. The van der Waals surface area contributed by atoms with Crippen LogP contribution in [0.2, 0.25) is 0 Å². The minimum Gasteiger partial charge on any atom is -0.477 e. The van der Waals surface area contributed by atoms with Crippen LogP contribution in [0.25, 0.3) is 0 Å². The van der Waals surface area contributed by atoms with Crippen LogP contribution >= 0.6 is 11.3 Å². The zero-order chi connectivity index (χ0) is 14.8. The number of carboxylic acids is 1. The Hall–Kier alpha value is -1.85. The van der Waals surface area contributed by atoms with Crippen molar-refractivity contribution in [3.05, 3.63) is 52.2 Å². The maximum atomic E-state index is 11.1. The van der Waals surface area contributed by atoms with Gasteiger partial charge in [0.2, 0.25) is 0 Å². The first-order valence-electron chi connectivity index (χ1n) is 6.97. The van der Waals surface area contributed by atoms with E-state index in [0.29, 0.717) is 4.88 Å². The minimum atomic E-state index is -0.850. The van der Waals surface area contributed by atoms with Crippen molar-refractivity contribution in [1.29, 1.82) is 0 Å². The van der Waals surface area contributed by atoms with Crippen molar-refractivity contribution in [1.82, 2.24) is 4.90 Å². The van der Waals surface area contributed by atoms with E-state index >= 15 is 0 Å². The number of carboxylic acid groups (broad SMARTS) is 1. The number of hydrogen-bond acceptors (Lipinski definition) is 4. The smallest absolute Gasteiger partial charge is 0.345 e.